The van der Waals surface area contributed by atoms with Crippen LogP contribution < -0.4 is 0 Å². The van der Waals surface area contributed by atoms with E-state index in [0.29, 0.717) is 25.7 Å². The van der Waals surface area contributed by atoms with Crippen molar-refractivity contribution in [2.24, 2.45) is 11.8 Å². The van der Waals surface area contributed by atoms with E-state index >= 15 is 0 Å². The first-order valence-electron chi connectivity index (χ1n) is 42.6. The van der Waals surface area contributed by atoms with Crippen molar-refractivity contribution in [2.45, 2.75) is 452 Å². The molecule has 17 nitrogen and oxygen atoms in total. The van der Waals surface area contributed by atoms with E-state index in [2.05, 4.69) is 41.5 Å². The summed E-state index contributed by atoms with van der Waals surface area (Å²) in [6, 6.07) is 0. The Hall–Kier alpha value is -1.94. The topological polar surface area (TPSA) is 237 Å². The normalized spacial score (nSPS) is 14.4. The Morgan fingerprint density at radius 3 is 0.703 bits per heavy atom. The van der Waals surface area contributed by atoms with Gasteiger partial charge in [-0.25, -0.2) is 9.13 Å². The number of phosphoric ester groups is 2. The monoisotopic (exact) mass is 1480 g/mol. The highest BCUT2D eigenvalue weighted by Gasteiger charge is 2.30. The fraction of sp³-hybridized carbons (Fsp3) is 0.951. The summed E-state index contributed by atoms with van der Waals surface area (Å²) in [5.41, 5.74) is 0. The Balaban J connectivity index is 5.27. The van der Waals surface area contributed by atoms with Gasteiger partial charge in [0.2, 0.25) is 0 Å². The summed E-state index contributed by atoms with van der Waals surface area (Å²) in [5.74, 6) is -0.482. The molecule has 0 aliphatic heterocycles. The number of phosphoric acid groups is 2. The average molecular weight is 1480 g/mol. The first kappa shape index (κ1) is 99.1. The lowest BCUT2D eigenvalue weighted by molar-refractivity contribution is -0.161. The number of hydrogen-bond donors (Lipinski definition) is 3. The summed E-state index contributed by atoms with van der Waals surface area (Å²) < 4.78 is 68.8. The van der Waals surface area contributed by atoms with Gasteiger partial charge in [-0.1, -0.05) is 382 Å². The third kappa shape index (κ3) is 73.4. The van der Waals surface area contributed by atoms with Crippen molar-refractivity contribution in [3.8, 4) is 0 Å². The summed E-state index contributed by atoms with van der Waals surface area (Å²) in [4.78, 5) is 73.1. The van der Waals surface area contributed by atoms with Crippen molar-refractivity contribution < 1.29 is 80.2 Å². The van der Waals surface area contributed by atoms with Gasteiger partial charge in [-0.3, -0.25) is 37.3 Å². The van der Waals surface area contributed by atoms with Crippen LogP contribution in [0.5, 0.6) is 0 Å². The van der Waals surface area contributed by atoms with E-state index in [-0.39, 0.29) is 25.7 Å². The third-order valence-corrected chi connectivity index (χ3v) is 21.8. The maximum absolute atomic E-state index is 13.1. The molecule has 0 spiro atoms. The molecule has 0 aromatic rings. The molecule has 0 saturated carbocycles. The Kier molecular flexibility index (Phi) is 72.2. The van der Waals surface area contributed by atoms with Gasteiger partial charge >= 0.3 is 39.5 Å². The van der Waals surface area contributed by atoms with Crippen LogP contribution in [0.15, 0.2) is 0 Å². The van der Waals surface area contributed by atoms with Gasteiger partial charge in [0.25, 0.3) is 0 Å². The van der Waals surface area contributed by atoms with Gasteiger partial charge < -0.3 is 33.8 Å². The van der Waals surface area contributed by atoms with Gasteiger partial charge in [-0.2, -0.15) is 0 Å². The molecule has 0 aromatic heterocycles. The average Bonchev–Trinajstić information content (AvgIpc) is 0.942. The zero-order valence-corrected chi connectivity index (χ0v) is 68.0. The number of esters is 4. The fourth-order valence-electron chi connectivity index (χ4n) is 12.6. The zero-order chi connectivity index (χ0) is 74.2. The summed E-state index contributed by atoms with van der Waals surface area (Å²) in [7, 11) is -9.92. The van der Waals surface area contributed by atoms with Gasteiger partial charge in [0.15, 0.2) is 12.2 Å². The maximum atomic E-state index is 13.1. The highest BCUT2D eigenvalue weighted by atomic mass is 31.2. The van der Waals surface area contributed by atoms with Gasteiger partial charge in [0.1, 0.15) is 19.3 Å². The Morgan fingerprint density at radius 2 is 0.475 bits per heavy atom. The predicted molar refractivity (Wildman–Crippen MR) is 414 cm³/mol. The maximum Gasteiger partial charge on any atom is 0.472 e. The van der Waals surface area contributed by atoms with Crippen LogP contribution in [0.2, 0.25) is 0 Å². The highest BCUT2D eigenvalue weighted by molar-refractivity contribution is 7.47. The molecule has 0 bridgehead atoms. The molecule has 0 heterocycles. The predicted octanol–water partition coefficient (Wildman–Crippen LogP) is 24.7. The molecular weight excluding hydrogens is 1320 g/mol. The fourth-order valence-corrected chi connectivity index (χ4v) is 14.2. The quantitative estimate of drug-likeness (QED) is 0.0222. The Bertz CT molecular complexity index is 1950. The van der Waals surface area contributed by atoms with Crippen LogP contribution in [0.4, 0.5) is 0 Å². The minimum absolute atomic E-state index is 0.108. The van der Waals surface area contributed by atoms with Crippen molar-refractivity contribution in [3.05, 3.63) is 0 Å². The molecule has 0 radical (unpaired) electrons. The highest BCUT2D eigenvalue weighted by Crippen LogP contribution is 2.45. The standard InChI is InChI=1S/C82H160O17P2/c1-7-11-13-15-17-19-21-23-25-26-27-32-35-39-46-52-58-64-79(84)92-70-77(98-82(87)67-61-55-49-41-37-33-29-28-30-34-38-44-50-56-62-74(5)9-3)72-96-100(88,89)94-68-76(83)69-95-101(90,91)97-73-78(71-93-80(85)65-59-53-47-43-42-45-51-57-63-75(6)10-4)99-81(86)66-60-54-48-40-36-31-24-22-20-18-16-14-12-8-2/h74-78,83H,7-73H2,1-6H3,(H,88,89)(H,90,91)/t74?,75?,76-,77-,78-/m1/s1. The van der Waals surface area contributed by atoms with Crippen molar-refractivity contribution >= 4 is 39.5 Å². The summed E-state index contributed by atoms with van der Waals surface area (Å²) in [6.07, 6.45) is 63.6. The Labute approximate surface area is 619 Å². The minimum atomic E-state index is -4.96. The number of carbonyl (C=O) groups excluding carboxylic acids is 4. The molecule has 600 valence electrons. The number of unbranched alkanes of at least 4 members (excludes halogenated alkanes) is 49. The lowest BCUT2D eigenvalue weighted by Gasteiger charge is -2.21. The minimum Gasteiger partial charge on any atom is -0.462 e. The van der Waals surface area contributed by atoms with Crippen molar-refractivity contribution in [1.29, 1.82) is 0 Å². The van der Waals surface area contributed by atoms with E-state index in [1.54, 1.807) is 0 Å². The van der Waals surface area contributed by atoms with Crippen molar-refractivity contribution in [3.63, 3.8) is 0 Å². The number of rotatable bonds is 81. The molecule has 0 rings (SSSR count). The van der Waals surface area contributed by atoms with Gasteiger partial charge in [-0.15, -0.1) is 0 Å². The van der Waals surface area contributed by atoms with E-state index in [9.17, 15) is 43.2 Å². The molecular formula is C82H160O17P2. The molecule has 0 saturated heterocycles. The van der Waals surface area contributed by atoms with E-state index in [1.165, 1.54) is 250 Å². The molecule has 0 fully saturated rings. The molecule has 19 heteroatoms. The lowest BCUT2D eigenvalue weighted by atomic mass is 9.99. The molecule has 0 aliphatic rings. The van der Waals surface area contributed by atoms with Crippen LogP contribution in [-0.4, -0.2) is 96.7 Å². The van der Waals surface area contributed by atoms with Crippen molar-refractivity contribution in [2.75, 3.05) is 39.6 Å². The second-order valence-electron chi connectivity index (χ2n) is 30.0. The van der Waals surface area contributed by atoms with E-state index in [0.717, 1.165) is 102 Å². The molecule has 0 aromatic carbocycles. The summed E-state index contributed by atoms with van der Waals surface area (Å²) in [5, 5.41) is 10.7. The number of aliphatic hydroxyl groups excluding tert-OH is 1. The number of carbonyl (C=O) groups is 4. The molecule has 0 amide bonds. The van der Waals surface area contributed by atoms with Gasteiger partial charge in [-0.05, 0) is 37.5 Å². The SMILES string of the molecule is CCCCCCCCCCCCCCCCCCCC(=O)OC[C@H](COP(=O)(O)OC[C@@H](O)COP(=O)(O)OC[C@@H](COC(=O)CCCCCCCCCCC(C)CC)OC(=O)CCCCCCCCCCCCCCCC)OC(=O)CCCCCCCCCCCCCCCCC(C)CC. The van der Waals surface area contributed by atoms with E-state index in [1.807, 2.05) is 0 Å². The van der Waals surface area contributed by atoms with E-state index in [4.69, 9.17) is 37.0 Å². The van der Waals surface area contributed by atoms with Gasteiger partial charge in [0.05, 0.1) is 26.4 Å². The lowest BCUT2D eigenvalue weighted by Crippen LogP contribution is -2.30. The molecule has 101 heavy (non-hydrogen) atoms. The third-order valence-electron chi connectivity index (χ3n) is 19.9. The second kappa shape index (κ2) is 73.6. The number of aliphatic hydroxyl groups is 1. The first-order valence-corrected chi connectivity index (χ1v) is 45.6. The number of hydrogen-bond acceptors (Lipinski definition) is 15. The van der Waals surface area contributed by atoms with Crippen LogP contribution in [0.3, 0.4) is 0 Å². The summed E-state index contributed by atoms with van der Waals surface area (Å²) in [6.45, 7) is 9.71. The number of ether oxygens (including phenoxy) is 4. The first-order chi connectivity index (χ1) is 48.9. The molecule has 4 unspecified atom stereocenters. The molecule has 7 atom stereocenters. The zero-order valence-electron chi connectivity index (χ0n) is 66.2. The van der Waals surface area contributed by atoms with Crippen LogP contribution in [0.25, 0.3) is 0 Å². The van der Waals surface area contributed by atoms with Crippen molar-refractivity contribution in [1.82, 2.24) is 0 Å². The smallest absolute Gasteiger partial charge is 0.462 e. The molecule has 0 aliphatic carbocycles. The Morgan fingerprint density at radius 1 is 0.277 bits per heavy atom. The second-order valence-corrected chi connectivity index (χ2v) is 32.9. The van der Waals surface area contributed by atoms with E-state index < -0.39 is 97.5 Å². The van der Waals surface area contributed by atoms with Crippen LogP contribution in [0.1, 0.15) is 433 Å². The molecule has 3 N–H and O–H groups in total. The van der Waals surface area contributed by atoms with Gasteiger partial charge in [0, 0.05) is 25.7 Å². The van der Waals surface area contributed by atoms with Crippen LogP contribution in [-0.2, 0) is 65.4 Å². The largest absolute Gasteiger partial charge is 0.472 e. The van der Waals surface area contributed by atoms with Crippen LogP contribution >= 0.6 is 15.6 Å². The van der Waals surface area contributed by atoms with Crippen LogP contribution in [0, 0.1) is 11.8 Å². The summed E-state index contributed by atoms with van der Waals surface area (Å²) >= 11 is 0.